The molecule has 33 heavy (non-hydrogen) atoms. The van der Waals surface area contributed by atoms with Crippen molar-refractivity contribution in [1.29, 1.82) is 0 Å². The quantitative estimate of drug-likeness (QED) is 0.517. The molecule has 1 fully saturated rings. The molecule has 0 spiro atoms. The van der Waals surface area contributed by atoms with Crippen LogP contribution < -0.4 is 0 Å². The van der Waals surface area contributed by atoms with Crippen molar-refractivity contribution < 1.29 is 14.3 Å². The molecule has 0 radical (unpaired) electrons. The van der Waals surface area contributed by atoms with Gasteiger partial charge in [-0.05, 0) is 48.9 Å². The number of benzene rings is 2. The number of rotatable bonds is 4. The largest absolute Gasteiger partial charge is 0.342 e. The highest BCUT2D eigenvalue weighted by atomic mass is 32.1. The Balaban J connectivity index is 1.17. The second kappa shape index (κ2) is 9.75. The Morgan fingerprint density at radius 1 is 1.06 bits per heavy atom. The molecule has 5 nitrogen and oxygen atoms in total. The van der Waals surface area contributed by atoms with Gasteiger partial charge in [-0.2, -0.15) is 0 Å². The number of likely N-dealkylation sites (tertiary alicyclic amines) is 1. The van der Waals surface area contributed by atoms with E-state index in [1.165, 1.54) is 22.3 Å². The van der Waals surface area contributed by atoms with Crippen LogP contribution in [0, 0.1) is 13.8 Å². The van der Waals surface area contributed by atoms with Gasteiger partial charge in [0, 0.05) is 24.4 Å². The lowest BCUT2D eigenvalue weighted by Crippen LogP contribution is -2.38. The minimum atomic E-state index is -0.429. The lowest BCUT2D eigenvalue weighted by Gasteiger charge is -2.31. The van der Waals surface area contributed by atoms with Crippen LogP contribution in [0.25, 0.3) is 0 Å². The summed E-state index contributed by atoms with van der Waals surface area (Å²) in [6.45, 7) is 6.80. The molecule has 3 aromatic rings. The van der Waals surface area contributed by atoms with E-state index in [0.717, 1.165) is 42.2 Å². The number of thiazole rings is 1. The van der Waals surface area contributed by atoms with Gasteiger partial charge in [-0.15, -0.1) is 11.3 Å². The van der Waals surface area contributed by atoms with Crippen LogP contribution in [0.15, 0.2) is 47.8 Å². The fraction of sp³-hybridized carbons (Fsp3) is 0.407. The van der Waals surface area contributed by atoms with Gasteiger partial charge in [0.15, 0.2) is 0 Å². The topological polar surface area (TPSA) is 51.7 Å². The Morgan fingerprint density at radius 3 is 2.45 bits per heavy atom. The molecule has 0 saturated carbocycles. The summed E-state index contributed by atoms with van der Waals surface area (Å²) in [6.07, 6.45) is 1.95. The first-order valence-corrected chi connectivity index (χ1v) is 12.5. The summed E-state index contributed by atoms with van der Waals surface area (Å²) in [5.74, 6) is 0.610. The molecule has 2 aliphatic rings. The molecule has 5 rings (SSSR count). The van der Waals surface area contributed by atoms with E-state index < -0.39 is 6.29 Å². The monoisotopic (exact) mass is 462 g/mol. The van der Waals surface area contributed by atoms with Gasteiger partial charge in [0.25, 0.3) is 0 Å². The number of carbonyl (C=O) groups excluding carboxylic acids is 1. The molecule has 1 saturated heterocycles. The standard InChI is InChI=1S/C27H30N2O3S/c1-18-7-8-19(2)23(13-18)14-25(30)29-11-9-20(10-12-29)26-28-24(17-33-26)27-31-15-21-5-3-4-6-22(21)16-32-27/h3-8,13,17,20,27H,9-12,14-16H2,1-2H3. The fourth-order valence-electron chi connectivity index (χ4n) is 4.63. The number of carbonyl (C=O) groups is 1. The van der Waals surface area contributed by atoms with Crippen molar-refractivity contribution in [3.05, 3.63) is 86.4 Å². The van der Waals surface area contributed by atoms with Crippen molar-refractivity contribution in [3.8, 4) is 0 Å². The molecular formula is C27H30N2O3S. The molecule has 0 bridgehead atoms. The van der Waals surface area contributed by atoms with Crippen LogP contribution in [-0.2, 0) is 33.9 Å². The van der Waals surface area contributed by atoms with Crippen molar-refractivity contribution in [2.24, 2.45) is 0 Å². The van der Waals surface area contributed by atoms with Crippen LogP contribution >= 0.6 is 11.3 Å². The highest BCUT2D eigenvalue weighted by Gasteiger charge is 2.28. The Hall–Kier alpha value is -2.54. The maximum atomic E-state index is 12.9. The van der Waals surface area contributed by atoms with Gasteiger partial charge in [-0.1, -0.05) is 48.0 Å². The third-order valence-electron chi connectivity index (χ3n) is 6.72. The highest BCUT2D eigenvalue weighted by molar-refractivity contribution is 7.09. The second-order valence-corrected chi connectivity index (χ2v) is 9.98. The fourth-order valence-corrected chi connectivity index (χ4v) is 5.62. The molecule has 0 unspecified atom stereocenters. The van der Waals surface area contributed by atoms with Gasteiger partial charge >= 0.3 is 0 Å². The molecule has 172 valence electrons. The van der Waals surface area contributed by atoms with Gasteiger partial charge in [-0.3, -0.25) is 4.79 Å². The summed E-state index contributed by atoms with van der Waals surface area (Å²) in [6, 6.07) is 14.6. The summed E-state index contributed by atoms with van der Waals surface area (Å²) < 4.78 is 12.0. The van der Waals surface area contributed by atoms with E-state index in [1.54, 1.807) is 11.3 Å². The third-order valence-corrected chi connectivity index (χ3v) is 7.75. The number of piperidine rings is 1. The van der Waals surface area contributed by atoms with Gasteiger partial charge in [0.2, 0.25) is 12.2 Å². The zero-order valence-corrected chi connectivity index (χ0v) is 20.1. The van der Waals surface area contributed by atoms with Gasteiger partial charge in [0.05, 0.1) is 24.6 Å². The zero-order valence-electron chi connectivity index (χ0n) is 19.3. The number of fused-ring (bicyclic) bond motifs is 1. The number of aryl methyl sites for hydroxylation is 2. The normalized spacial score (nSPS) is 17.6. The molecule has 1 amide bonds. The molecule has 0 atom stereocenters. The lowest BCUT2D eigenvalue weighted by molar-refractivity contribution is -0.155. The number of hydrogen-bond donors (Lipinski definition) is 0. The Morgan fingerprint density at radius 2 is 1.76 bits per heavy atom. The summed E-state index contributed by atoms with van der Waals surface area (Å²) in [5.41, 5.74) is 6.73. The van der Waals surface area contributed by atoms with E-state index in [9.17, 15) is 4.79 Å². The van der Waals surface area contributed by atoms with E-state index in [2.05, 4.69) is 49.6 Å². The Bertz CT molecular complexity index is 1110. The molecule has 2 aromatic carbocycles. The minimum absolute atomic E-state index is 0.224. The number of ether oxygens (including phenoxy) is 2. The van der Waals surface area contributed by atoms with E-state index >= 15 is 0 Å². The molecule has 0 N–H and O–H groups in total. The molecular weight excluding hydrogens is 432 g/mol. The predicted octanol–water partition coefficient (Wildman–Crippen LogP) is 5.45. The first-order valence-electron chi connectivity index (χ1n) is 11.7. The van der Waals surface area contributed by atoms with E-state index in [4.69, 9.17) is 14.5 Å². The van der Waals surface area contributed by atoms with Crippen LogP contribution in [-0.4, -0.2) is 28.9 Å². The number of aromatic nitrogens is 1. The zero-order chi connectivity index (χ0) is 22.8. The average Bonchev–Trinajstić information content (AvgIpc) is 3.22. The highest BCUT2D eigenvalue weighted by Crippen LogP contribution is 2.34. The van der Waals surface area contributed by atoms with Crippen molar-refractivity contribution in [2.45, 2.75) is 58.5 Å². The second-order valence-electron chi connectivity index (χ2n) is 9.10. The van der Waals surface area contributed by atoms with Crippen LogP contribution in [0.4, 0.5) is 0 Å². The van der Waals surface area contributed by atoms with Crippen molar-refractivity contribution in [1.82, 2.24) is 9.88 Å². The van der Waals surface area contributed by atoms with Gasteiger partial charge in [0.1, 0.15) is 5.69 Å². The average molecular weight is 463 g/mol. The molecule has 2 aliphatic heterocycles. The predicted molar refractivity (Wildman–Crippen MR) is 129 cm³/mol. The summed E-state index contributed by atoms with van der Waals surface area (Å²) >= 11 is 1.68. The number of nitrogens with zero attached hydrogens (tertiary/aromatic N) is 2. The maximum absolute atomic E-state index is 12.9. The maximum Gasteiger partial charge on any atom is 0.227 e. The van der Waals surface area contributed by atoms with Crippen LogP contribution in [0.5, 0.6) is 0 Å². The first kappa shape index (κ1) is 22.3. The molecule has 0 aliphatic carbocycles. The Labute approximate surface area is 199 Å². The van der Waals surface area contributed by atoms with Crippen LogP contribution in [0.2, 0.25) is 0 Å². The third kappa shape index (κ3) is 5.03. The summed E-state index contributed by atoms with van der Waals surface area (Å²) in [7, 11) is 0. The molecule has 1 aromatic heterocycles. The first-order chi connectivity index (χ1) is 16.1. The lowest BCUT2D eigenvalue weighted by atomic mass is 9.96. The SMILES string of the molecule is Cc1ccc(C)c(CC(=O)N2CCC(c3nc(C4OCc5ccccc5CO4)cs3)CC2)c1. The van der Waals surface area contributed by atoms with Gasteiger partial charge < -0.3 is 14.4 Å². The van der Waals surface area contributed by atoms with Crippen molar-refractivity contribution in [2.75, 3.05) is 13.1 Å². The van der Waals surface area contributed by atoms with E-state index in [-0.39, 0.29) is 5.91 Å². The number of amides is 1. The molecule has 6 heteroatoms. The Kier molecular flexibility index (Phi) is 6.58. The van der Waals surface area contributed by atoms with Gasteiger partial charge in [-0.25, -0.2) is 4.98 Å². The van der Waals surface area contributed by atoms with Crippen LogP contribution in [0.3, 0.4) is 0 Å². The van der Waals surface area contributed by atoms with E-state index in [1.807, 2.05) is 17.0 Å². The van der Waals surface area contributed by atoms with Crippen LogP contribution in [0.1, 0.15) is 63.6 Å². The van der Waals surface area contributed by atoms with Crippen molar-refractivity contribution >= 4 is 17.2 Å². The molecule has 3 heterocycles. The summed E-state index contributed by atoms with van der Waals surface area (Å²) in [5, 5.41) is 3.19. The summed E-state index contributed by atoms with van der Waals surface area (Å²) in [4.78, 5) is 19.8. The smallest absolute Gasteiger partial charge is 0.227 e. The van der Waals surface area contributed by atoms with Crippen molar-refractivity contribution in [3.63, 3.8) is 0 Å². The minimum Gasteiger partial charge on any atom is -0.342 e. The van der Waals surface area contributed by atoms with E-state index in [0.29, 0.717) is 25.6 Å². The number of hydrogen-bond acceptors (Lipinski definition) is 5.